The molecule has 1 saturated heterocycles. The molecule has 1 heterocycles. The summed E-state index contributed by atoms with van der Waals surface area (Å²) in [4.78, 5) is 14.0. The summed E-state index contributed by atoms with van der Waals surface area (Å²) in [7, 11) is 0. The maximum atomic E-state index is 12.1. The predicted molar refractivity (Wildman–Crippen MR) is 79.6 cm³/mol. The van der Waals surface area contributed by atoms with Crippen LogP contribution in [0.5, 0.6) is 0 Å². The largest absolute Gasteiger partial charge is 0.311 e. The van der Waals surface area contributed by atoms with Crippen molar-refractivity contribution >= 4 is 11.6 Å². The van der Waals surface area contributed by atoms with Gasteiger partial charge in [0.1, 0.15) is 0 Å². The Morgan fingerprint density at radius 3 is 2.42 bits per heavy atom. The third kappa shape index (κ3) is 3.57. The molecule has 1 aromatic carbocycles. The van der Waals surface area contributed by atoms with Crippen LogP contribution in [-0.2, 0) is 10.2 Å². The molecule has 19 heavy (non-hydrogen) atoms. The lowest BCUT2D eigenvalue weighted by Gasteiger charge is -2.26. The summed E-state index contributed by atoms with van der Waals surface area (Å²) in [5, 5.41) is 3.18. The number of nitrogens with zero attached hydrogens (tertiary/aromatic N) is 1. The Kier molecular flexibility index (Phi) is 4.25. The first-order chi connectivity index (χ1) is 8.98. The van der Waals surface area contributed by atoms with Crippen molar-refractivity contribution in [2.75, 3.05) is 24.5 Å². The van der Waals surface area contributed by atoms with E-state index in [2.05, 4.69) is 50.4 Å². The van der Waals surface area contributed by atoms with Crippen LogP contribution < -0.4 is 10.2 Å². The van der Waals surface area contributed by atoms with E-state index in [1.165, 1.54) is 5.56 Å². The van der Waals surface area contributed by atoms with Crippen molar-refractivity contribution in [3.05, 3.63) is 29.8 Å². The van der Waals surface area contributed by atoms with E-state index in [1.807, 2.05) is 4.90 Å². The van der Waals surface area contributed by atoms with Crippen LogP contribution in [0.2, 0.25) is 0 Å². The number of hydrogen-bond acceptors (Lipinski definition) is 2. The van der Waals surface area contributed by atoms with Crippen molar-refractivity contribution in [1.29, 1.82) is 0 Å². The number of rotatable bonds is 1. The summed E-state index contributed by atoms with van der Waals surface area (Å²) >= 11 is 0. The Balaban J connectivity index is 2.17. The van der Waals surface area contributed by atoms with Crippen LogP contribution in [0.4, 0.5) is 5.69 Å². The van der Waals surface area contributed by atoms with Crippen LogP contribution >= 0.6 is 0 Å². The van der Waals surface area contributed by atoms with Gasteiger partial charge in [-0.1, -0.05) is 32.9 Å². The van der Waals surface area contributed by atoms with E-state index < -0.39 is 0 Å². The van der Waals surface area contributed by atoms with Gasteiger partial charge in [0.15, 0.2) is 0 Å². The summed E-state index contributed by atoms with van der Waals surface area (Å²) in [5.41, 5.74) is 2.47. The Labute approximate surface area is 116 Å². The van der Waals surface area contributed by atoms with Gasteiger partial charge in [0.2, 0.25) is 5.91 Å². The lowest BCUT2D eigenvalue weighted by Crippen LogP contribution is -2.41. The van der Waals surface area contributed by atoms with E-state index in [0.717, 1.165) is 31.6 Å². The number of amides is 1. The zero-order valence-corrected chi connectivity index (χ0v) is 12.2. The molecule has 0 atom stereocenters. The minimum absolute atomic E-state index is 0.153. The fraction of sp³-hybridized carbons (Fsp3) is 0.562. The summed E-state index contributed by atoms with van der Waals surface area (Å²) in [6, 6.07) is 8.41. The first-order valence-electron chi connectivity index (χ1n) is 7.10. The maximum Gasteiger partial charge on any atom is 0.240 e. The van der Waals surface area contributed by atoms with E-state index in [4.69, 9.17) is 0 Å². The predicted octanol–water partition coefficient (Wildman–Crippen LogP) is 2.70. The van der Waals surface area contributed by atoms with Crippen LogP contribution in [-0.4, -0.2) is 25.5 Å². The van der Waals surface area contributed by atoms with Crippen LogP contribution in [0.15, 0.2) is 24.3 Å². The first kappa shape index (κ1) is 14.1. The third-order valence-corrected chi connectivity index (χ3v) is 3.61. The van der Waals surface area contributed by atoms with Gasteiger partial charge in [0.25, 0.3) is 0 Å². The monoisotopic (exact) mass is 260 g/mol. The lowest BCUT2D eigenvalue weighted by molar-refractivity contribution is -0.118. The van der Waals surface area contributed by atoms with Gasteiger partial charge in [-0.15, -0.1) is 0 Å². The Morgan fingerprint density at radius 2 is 1.79 bits per heavy atom. The van der Waals surface area contributed by atoms with Gasteiger partial charge in [-0.25, -0.2) is 0 Å². The Bertz CT molecular complexity index is 431. The summed E-state index contributed by atoms with van der Waals surface area (Å²) < 4.78 is 0. The number of hydrogen-bond donors (Lipinski definition) is 1. The number of nitrogens with one attached hydrogen (secondary N) is 1. The van der Waals surface area contributed by atoms with Crippen molar-refractivity contribution in [2.24, 2.45) is 0 Å². The van der Waals surface area contributed by atoms with Crippen LogP contribution in [0.25, 0.3) is 0 Å². The van der Waals surface area contributed by atoms with Gasteiger partial charge >= 0.3 is 0 Å². The second-order valence-corrected chi connectivity index (χ2v) is 6.23. The quantitative estimate of drug-likeness (QED) is 0.842. The summed E-state index contributed by atoms with van der Waals surface area (Å²) in [6.07, 6.45) is 2.18. The van der Waals surface area contributed by atoms with Crippen molar-refractivity contribution in [1.82, 2.24) is 5.32 Å². The fourth-order valence-corrected chi connectivity index (χ4v) is 2.35. The molecule has 0 unspecified atom stereocenters. The minimum atomic E-state index is 0.153. The standard InChI is InChI=1S/C16H24N2O/c1-16(2,3)13-6-8-14(9-7-13)18-11-5-4-10-17-12-15(18)19/h6-9,17H,4-5,10-12H2,1-3H3. The van der Waals surface area contributed by atoms with Crippen molar-refractivity contribution < 1.29 is 4.79 Å². The van der Waals surface area contributed by atoms with E-state index in [1.54, 1.807) is 0 Å². The smallest absolute Gasteiger partial charge is 0.240 e. The highest BCUT2D eigenvalue weighted by Gasteiger charge is 2.18. The molecule has 3 heteroatoms. The SMILES string of the molecule is CC(C)(C)c1ccc(N2CCCCNCC2=O)cc1. The average Bonchev–Trinajstić information content (AvgIpc) is 2.34. The molecular weight excluding hydrogens is 236 g/mol. The fourth-order valence-electron chi connectivity index (χ4n) is 2.35. The van der Waals surface area contributed by atoms with E-state index in [-0.39, 0.29) is 11.3 Å². The van der Waals surface area contributed by atoms with Crippen LogP contribution in [0, 0.1) is 0 Å². The van der Waals surface area contributed by atoms with Gasteiger partial charge < -0.3 is 10.2 Å². The number of carbonyl (C=O) groups excluding carboxylic acids is 1. The molecule has 1 N–H and O–H groups in total. The second kappa shape index (κ2) is 5.74. The van der Waals surface area contributed by atoms with Crippen molar-refractivity contribution in [3.8, 4) is 0 Å². The molecule has 1 aliphatic heterocycles. The molecule has 1 amide bonds. The average molecular weight is 260 g/mol. The lowest BCUT2D eigenvalue weighted by atomic mass is 9.87. The molecule has 3 nitrogen and oxygen atoms in total. The highest BCUT2D eigenvalue weighted by Crippen LogP contribution is 2.25. The molecule has 1 aromatic rings. The third-order valence-electron chi connectivity index (χ3n) is 3.61. The summed E-state index contributed by atoms with van der Waals surface area (Å²) in [5.74, 6) is 0.170. The topological polar surface area (TPSA) is 32.3 Å². The maximum absolute atomic E-state index is 12.1. The van der Waals surface area contributed by atoms with Gasteiger partial charge in [-0.3, -0.25) is 4.79 Å². The molecule has 2 rings (SSSR count). The molecule has 0 spiro atoms. The number of carbonyl (C=O) groups is 1. The zero-order valence-electron chi connectivity index (χ0n) is 12.2. The molecule has 104 valence electrons. The van der Waals surface area contributed by atoms with E-state index in [9.17, 15) is 4.79 Å². The molecule has 1 aliphatic rings. The van der Waals surface area contributed by atoms with E-state index in [0.29, 0.717) is 6.54 Å². The Hall–Kier alpha value is -1.35. The highest BCUT2D eigenvalue weighted by molar-refractivity contribution is 5.94. The number of anilines is 1. The molecule has 0 aliphatic carbocycles. The highest BCUT2D eigenvalue weighted by atomic mass is 16.2. The van der Waals surface area contributed by atoms with Gasteiger partial charge in [-0.2, -0.15) is 0 Å². The van der Waals surface area contributed by atoms with Crippen molar-refractivity contribution in [2.45, 2.75) is 39.0 Å². The van der Waals surface area contributed by atoms with Crippen LogP contribution in [0.3, 0.4) is 0 Å². The van der Waals surface area contributed by atoms with Gasteiger partial charge in [0, 0.05) is 12.2 Å². The summed E-state index contributed by atoms with van der Waals surface area (Å²) in [6.45, 7) is 8.83. The van der Waals surface area contributed by atoms with Gasteiger partial charge in [-0.05, 0) is 42.5 Å². The first-order valence-corrected chi connectivity index (χ1v) is 7.10. The van der Waals surface area contributed by atoms with E-state index >= 15 is 0 Å². The molecular formula is C16H24N2O. The zero-order chi connectivity index (χ0) is 13.9. The molecule has 0 aromatic heterocycles. The molecule has 0 bridgehead atoms. The molecule has 0 radical (unpaired) electrons. The number of benzene rings is 1. The van der Waals surface area contributed by atoms with Crippen LogP contribution in [0.1, 0.15) is 39.2 Å². The minimum Gasteiger partial charge on any atom is -0.311 e. The molecule has 0 saturated carbocycles. The Morgan fingerprint density at radius 1 is 1.11 bits per heavy atom. The second-order valence-electron chi connectivity index (χ2n) is 6.23. The van der Waals surface area contributed by atoms with Crippen molar-refractivity contribution in [3.63, 3.8) is 0 Å². The molecule has 1 fully saturated rings. The normalized spacial score (nSPS) is 18.1. The van der Waals surface area contributed by atoms with Gasteiger partial charge in [0.05, 0.1) is 6.54 Å².